The number of thiophene rings is 1. The van der Waals surface area contributed by atoms with Gasteiger partial charge in [0.2, 0.25) is 5.91 Å². The van der Waals surface area contributed by atoms with Gasteiger partial charge in [-0.25, -0.2) is 4.98 Å². The van der Waals surface area contributed by atoms with E-state index in [4.69, 9.17) is 4.74 Å². The first kappa shape index (κ1) is 23.4. The van der Waals surface area contributed by atoms with Crippen LogP contribution in [-0.2, 0) is 27.2 Å². The molecule has 0 spiro atoms. The molecule has 0 bridgehead atoms. The van der Waals surface area contributed by atoms with Crippen LogP contribution >= 0.6 is 34.4 Å². The van der Waals surface area contributed by atoms with E-state index in [0.717, 1.165) is 17.8 Å². The second kappa shape index (κ2) is 10.9. The third kappa shape index (κ3) is 6.14. The Morgan fingerprint density at radius 3 is 2.71 bits per heavy atom. The molecule has 0 radical (unpaired) electrons. The average molecular weight is 480 g/mol. The van der Waals surface area contributed by atoms with Crippen molar-refractivity contribution in [3.8, 4) is 11.4 Å². The number of nitrogens with zero attached hydrogens (tertiary/aromatic N) is 4. The smallest absolute Gasteiger partial charge is 0.311 e. The number of nitrogens with one attached hydrogen (secondary N) is 1. The first-order chi connectivity index (χ1) is 14.9. The van der Waals surface area contributed by atoms with Gasteiger partial charge in [0, 0.05) is 27.2 Å². The Labute approximate surface area is 193 Å². The summed E-state index contributed by atoms with van der Waals surface area (Å²) in [6.45, 7) is 8.37. The van der Waals surface area contributed by atoms with Crippen molar-refractivity contribution in [3.63, 3.8) is 0 Å². The first-order valence-corrected chi connectivity index (χ1v) is 12.7. The third-order valence-corrected chi connectivity index (χ3v) is 7.03. The summed E-state index contributed by atoms with van der Waals surface area (Å²) in [5, 5.41) is 16.5. The van der Waals surface area contributed by atoms with Crippen molar-refractivity contribution in [2.45, 2.75) is 51.7 Å². The Morgan fingerprint density at radius 1 is 1.23 bits per heavy atom. The molecule has 3 aromatic heterocycles. The minimum absolute atomic E-state index is 0.0948. The van der Waals surface area contributed by atoms with Gasteiger partial charge in [0.15, 0.2) is 16.1 Å². The highest BCUT2D eigenvalue weighted by molar-refractivity contribution is 7.99. The van der Waals surface area contributed by atoms with Crippen molar-refractivity contribution in [2.75, 3.05) is 17.7 Å². The van der Waals surface area contributed by atoms with Crippen molar-refractivity contribution in [1.29, 1.82) is 0 Å². The predicted octanol–water partition coefficient (Wildman–Crippen LogP) is 4.44. The van der Waals surface area contributed by atoms with Crippen LogP contribution in [0.15, 0.2) is 22.0 Å². The summed E-state index contributed by atoms with van der Waals surface area (Å²) >= 11 is 4.33. The van der Waals surface area contributed by atoms with E-state index in [9.17, 15) is 9.59 Å². The molecule has 1 N–H and O–H groups in total. The average Bonchev–Trinajstić information content (AvgIpc) is 3.45. The first-order valence-electron chi connectivity index (χ1n) is 9.96. The van der Waals surface area contributed by atoms with Crippen LogP contribution in [0.25, 0.3) is 11.4 Å². The number of esters is 1. The van der Waals surface area contributed by atoms with Gasteiger partial charge in [-0.2, -0.15) is 0 Å². The molecular weight excluding hydrogens is 454 g/mol. The van der Waals surface area contributed by atoms with E-state index in [0.29, 0.717) is 22.6 Å². The van der Waals surface area contributed by atoms with E-state index in [-0.39, 0.29) is 30.1 Å². The number of thioether (sulfide) groups is 1. The van der Waals surface area contributed by atoms with Crippen LogP contribution in [0.3, 0.4) is 0 Å². The SMILES string of the molecule is CCOC(=O)Cc1csc(NC(=O)CSc2nnc(-c3csc(CC)c3)n2C(C)C)n1. The van der Waals surface area contributed by atoms with Gasteiger partial charge < -0.3 is 10.1 Å². The molecule has 0 aliphatic carbocycles. The number of thiazole rings is 1. The van der Waals surface area contributed by atoms with E-state index >= 15 is 0 Å². The normalized spacial score (nSPS) is 11.1. The highest BCUT2D eigenvalue weighted by Crippen LogP contribution is 2.30. The van der Waals surface area contributed by atoms with Crippen molar-refractivity contribution >= 4 is 51.4 Å². The summed E-state index contributed by atoms with van der Waals surface area (Å²) in [5.74, 6) is 0.478. The molecule has 0 aliphatic rings. The Bertz CT molecular complexity index is 1040. The Hall–Kier alpha value is -2.24. The standard InChI is InChI=1S/C20H25N5O3S3/c1-5-15-7-13(9-29-15)18-23-24-20(25(18)12(3)4)31-11-16(26)22-19-21-14(10-30-19)8-17(27)28-6-2/h7,9-10,12H,5-6,8,11H2,1-4H3,(H,21,22,26). The maximum Gasteiger partial charge on any atom is 0.311 e. The number of aryl methyl sites for hydroxylation is 1. The van der Waals surface area contributed by atoms with E-state index < -0.39 is 0 Å². The number of carbonyl (C=O) groups excluding carboxylic acids is 2. The molecule has 0 saturated carbocycles. The second-order valence-corrected chi connectivity index (χ2v) is 9.68. The van der Waals surface area contributed by atoms with Crippen LogP contribution in [0, 0.1) is 0 Å². The lowest BCUT2D eigenvalue weighted by Gasteiger charge is -2.13. The number of hydrogen-bond acceptors (Lipinski definition) is 9. The number of amides is 1. The fraction of sp³-hybridized carbons (Fsp3) is 0.450. The van der Waals surface area contributed by atoms with E-state index in [1.807, 2.05) is 0 Å². The highest BCUT2D eigenvalue weighted by Gasteiger charge is 2.19. The maximum absolute atomic E-state index is 12.4. The van der Waals surface area contributed by atoms with Gasteiger partial charge in [0.1, 0.15) is 0 Å². The van der Waals surface area contributed by atoms with Crippen LogP contribution in [-0.4, -0.2) is 44.0 Å². The van der Waals surface area contributed by atoms with E-state index in [1.54, 1.807) is 23.6 Å². The summed E-state index contributed by atoms with van der Waals surface area (Å²) in [6, 6.07) is 2.30. The molecule has 11 heteroatoms. The molecule has 3 heterocycles. The second-order valence-electron chi connectivity index (χ2n) is 6.89. The minimum Gasteiger partial charge on any atom is -0.466 e. The summed E-state index contributed by atoms with van der Waals surface area (Å²) in [7, 11) is 0. The lowest BCUT2D eigenvalue weighted by atomic mass is 10.2. The molecule has 0 unspecified atom stereocenters. The van der Waals surface area contributed by atoms with Crippen LogP contribution in [0.2, 0.25) is 0 Å². The number of hydrogen-bond donors (Lipinski definition) is 1. The Morgan fingerprint density at radius 2 is 2.03 bits per heavy atom. The van der Waals surface area contributed by atoms with Gasteiger partial charge >= 0.3 is 5.97 Å². The molecule has 3 aromatic rings. The van der Waals surface area contributed by atoms with E-state index in [2.05, 4.69) is 57.3 Å². The fourth-order valence-corrected chi connectivity index (χ4v) is 5.22. The topological polar surface area (TPSA) is 99.0 Å². The molecule has 31 heavy (non-hydrogen) atoms. The molecule has 3 rings (SSSR count). The van der Waals surface area contributed by atoms with Crippen molar-refractivity contribution in [1.82, 2.24) is 19.7 Å². The quantitative estimate of drug-likeness (QED) is 0.339. The largest absolute Gasteiger partial charge is 0.466 e. The summed E-state index contributed by atoms with van der Waals surface area (Å²) in [5.41, 5.74) is 1.63. The van der Waals surface area contributed by atoms with Gasteiger partial charge in [-0.15, -0.1) is 32.9 Å². The maximum atomic E-state index is 12.4. The molecule has 0 fully saturated rings. The number of anilines is 1. The summed E-state index contributed by atoms with van der Waals surface area (Å²) in [4.78, 5) is 29.5. The molecule has 8 nitrogen and oxygen atoms in total. The van der Waals surface area contributed by atoms with Crippen LogP contribution in [0.1, 0.15) is 44.3 Å². The lowest BCUT2D eigenvalue weighted by molar-refractivity contribution is -0.142. The van der Waals surface area contributed by atoms with Gasteiger partial charge in [-0.05, 0) is 33.3 Å². The minimum atomic E-state index is -0.332. The number of aromatic nitrogens is 4. The molecule has 1 amide bonds. The van der Waals surface area contributed by atoms with Crippen molar-refractivity contribution in [2.24, 2.45) is 0 Å². The number of rotatable bonds is 10. The molecule has 0 aliphatic heterocycles. The summed E-state index contributed by atoms with van der Waals surface area (Å²) in [6.07, 6.45) is 1.08. The molecule has 0 saturated heterocycles. The van der Waals surface area contributed by atoms with E-state index in [1.165, 1.54) is 28.0 Å². The molecule has 166 valence electrons. The Balaban J connectivity index is 1.61. The highest BCUT2D eigenvalue weighted by atomic mass is 32.2. The number of carbonyl (C=O) groups is 2. The lowest BCUT2D eigenvalue weighted by Crippen LogP contribution is -2.15. The zero-order valence-electron chi connectivity index (χ0n) is 17.9. The van der Waals surface area contributed by atoms with Crippen LogP contribution in [0.4, 0.5) is 5.13 Å². The predicted molar refractivity (Wildman–Crippen MR) is 125 cm³/mol. The van der Waals surface area contributed by atoms with Gasteiger partial charge in [0.05, 0.1) is 24.5 Å². The summed E-state index contributed by atoms with van der Waals surface area (Å²) < 4.78 is 6.97. The van der Waals surface area contributed by atoms with Gasteiger partial charge in [-0.1, -0.05) is 18.7 Å². The zero-order chi connectivity index (χ0) is 22.4. The Kier molecular flexibility index (Phi) is 8.22. The molecular formula is C20H25N5O3S3. The van der Waals surface area contributed by atoms with Gasteiger partial charge in [-0.3, -0.25) is 14.2 Å². The molecule has 0 atom stereocenters. The van der Waals surface area contributed by atoms with Crippen molar-refractivity contribution < 1.29 is 14.3 Å². The zero-order valence-corrected chi connectivity index (χ0v) is 20.3. The third-order valence-electron chi connectivity index (χ3n) is 4.20. The molecule has 0 aromatic carbocycles. The fourth-order valence-electron chi connectivity index (χ4n) is 2.81. The number of ether oxygens (including phenoxy) is 1. The van der Waals surface area contributed by atoms with Crippen LogP contribution < -0.4 is 5.32 Å². The van der Waals surface area contributed by atoms with Crippen molar-refractivity contribution in [3.05, 3.63) is 27.4 Å². The van der Waals surface area contributed by atoms with Gasteiger partial charge in [0.25, 0.3) is 0 Å². The van der Waals surface area contributed by atoms with Crippen LogP contribution in [0.5, 0.6) is 0 Å². The monoisotopic (exact) mass is 479 g/mol.